The van der Waals surface area contributed by atoms with Crippen LogP contribution in [0.5, 0.6) is 0 Å². The zero-order valence-corrected chi connectivity index (χ0v) is 12.5. The zero-order chi connectivity index (χ0) is 15.6. The highest BCUT2D eigenvalue weighted by Crippen LogP contribution is 2.36. The Morgan fingerprint density at radius 1 is 1.57 bits per heavy atom. The van der Waals surface area contributed by atoms with Crippen LogP contribution in [0.25, 0.3) is 0 Å². The lowest BCUT2D eigenvalue weighted by molar-refractivity contribution is -0.385. The second kappa shape index (κ2) is 5.99. The minimum absolute atomic E-state index is 0.0173. The zero-order valence-electron chi connectivity index (χ0n) is 11.7. The molecule has 7 heteroatoms. The third-order valence-corrected chi connectivity index (χ3v) is 4.43. The van der Waals surface area contributed by atoms with Gasteiger partial charge in [-0.25, -0.2) is 0 Å². The van der Waals surface area contributed by atoms with E-state index in [-0.39, 0.29) is 5.69 Å². The van der Waals surface area contributed by atoms with Crippen LogP contribution in [0.4, 0.5) is 5.69 Å². The summed E-state index contributed by atoms with van der Waals surface area (Å²) >= 11 is 5.91. The number of benzene rings is 1. The van der Waals surface area contributed by atoms with Gasteiger partial charge in [0.05, 0.1) is 10.3 Å². The van der Waals surface area contributed by atoms with E-state index < -0.39 is 16.3 Å². The summed E-state index contributed by atoms with van der Waals surface area (Å²) in [6, 6.07) is 4.45. The topological polar surface area (TPSA) is 83.7 Å². The van der Waals surface area contributed by atoms with Crippen LogP contribution in [0.2, 0.25) is 5.02 Å². The fourth-order valence-electron chi connectivity index (χ4n) is 2.81. The molecule has 0 bridgehead atoms. The van der Waals surface area contributed by atoms with E-state index in [1.165, 1.54) is 12.1 Å². The number of hydrogen-bond acceptors (Lipinski definition) is 4. The van der Waals surface area contributed by atoms with Crippen molar-refractivity contribution in [1.82, 2.24) is 4.90 Å². The van der Waals surface area contributed by atoms with Gasteiger partial charge in [0.15, 0.2) is 0 Å². The molecule has 0 aliphatic carbocycles. The molecule has 1 aromatic carbocycles. The van der Waals surface area contributed by atoms with Gasteiger partial charge in [0, 0.05) is 29.7 Å². The largest absolute Gasteiger partial charge is 0.481 e. The number of nitro groups is 1. The van der Waals surface area contributed by atoms with Crippen LogP contribution >= 0.6 is 11.6 Å². The Balaban J connectivity index is 2.19. The van der Waals surface area contributed by atoms with E-state index in [0.29, 0.717) is 43.1 Å². The standard InChI is InChI=1S/C14H17ClN2O4/c1-2-14(13(18)19)5-6-16(9-14)8-10-7-11(15)3-4-12(10)17(20)21/h3-4,7H,2,5-6,8-9H2,1H3,(H,18,19). The maximum absolute atomic E-state index is 11.4. The van der Waals surface area contributed by atoms with Crippen LogP contribution in [0.3, 0.4) is 0 Å². The van der Waals surface area contributed by atoms with Crippen molar-refractivity contribution in [3.8, 4) is 0 Å². The Hall–Kier alpha value is -1.66. The number of aliphatic carboxylic acids is 1. The first kappa shape index (κ1) is 15.7. The lowest BCUT2D eigenvalue weighted by atomic mass is 9.84. The van der Waals surface area contributed by atoms with Crippen molar-refractivity contribution in [2.45, 2.75) is 26.3 Å². The third kappa shape index (κ3) is 3.16. The van der Waals surface area contributed by atoms with Crippen LogP contribution in [-0.4, -0.2) is 34.0 Å². The fourth-order valence-corrected chi connectivity index (χ4v) is 3.00. The van der Waals surface area contributed by atoms with Crippen molar-refractivity contribution in [2.75, 3.05) is 13.1 Å². The lowest BCUT2D eigenvalue weighted by Crippen LogP contribution is -2.34. The molecule has 114 valence electrons. The maximum atomic E-state index is 11.4. The maximum Gasteiger partial charge on any atom is 0.310 e. The molecule has 0 amide bonds. The molecule has 21 heavy (non-hydrogen) atoms. The summed E-state index contributed by atoms with van der Waals surface area (Å²) in [6.45, 7) is 3.22. The highest BCUT2D eigenvalue weighted by Gasteiger charge is 2.43. The van der Waals surface area contributed by atoms with E-state index >= 15 is 0 Å². The summed E-state index contributed by atoms with van der Waals surface area (Å²) in [5, 5.41) is 20.9. The van der Waals surface area contributed by atoms with Crippen LogP contribution < -0.4 is 0 Å². The molecular formula is C14H17ClN2O4. The van der Waals surface area contributed by atoms with Gasteiger partial charge in [0.1, 0.15) is 0 Å². The van der Waals surface area contributed by atoms with E-state index in [1.54, 1.807) is 6.07 Å². The van der Waals surface area contributed by atoms with E-state index in [2.05, 4.69) is 0 Å². The van der Waals surface area contributed by atoms with Crippen molar-refractivity contribution in [3.05, 3.63) is 38.9 Å². The van der Waals surface area contributed by atoms with Crippen LogP contribution in [0.1, 0.15) is 25.3 Å². The molecule has 1 aliphatic rings. The highest BCUT2D eigenvalue weighted by atomic mass is 35.5. The molecule has 0 aromatic heterocycles. The molecule has 1 aliphatic heterocycles. The average molecular weight is 313 g/mol. The molecule has 2 rings (SSSR count). The van der Waals surface area contributed by atoms with Gasteiger partial charge in [-0.2, -0.15) is 0 Å². The van der Waals surface area contributed by atoms with Gasteiger partial charge >= 0.3 is 5.97 Å². The molecule has 1 heterocycles. The minimum atomic E-state index is -0.798. The normalized spacial score (nSPS) is 22.4. The molecule has 6 nitrogen and oxygen atoms in total. The number of nitrogens with zero attached hydrogens (tertiary/aromatic N) is 2. The van der Waals surface area contributed by atoms with Gasteiger partial charge in [0.25, 0.3) is 5.69 Å². The number of nitro benzene ring substituents is 1. The van der Waals surface area contributed by atoms with Gasteiger partial charge in [-0.1, -0.05) is 18.5 Å². The summed E-state index contributed by atoms with van der Waals surface area (Å²) in [5.41, 5.74) is -0.207. The summed E-state index contributed by atoms with van der Waals surface area (Å²) in [7, 11) is 0. The summed E-state index contributed by atoms with van der Waals surface area (Å²) in [4.78, 5) is 24.0. The van der Waals surface area contributed by atoms with Crippen molar-refractivity contribution in [3.63, 3.8) is 0 Å². The first-order valence-electron chi connectivity index (χ1n) is 6.76. The Kier molecular flexibility index (Phi) is 4.49. The molecule has 1 N–H and O–H groups in total. The number of carbonyl (C=O) groups is 1. The SMILES string of the molecule is CCC1(C(=O)O)CCN(Cc2cc(Cl)ccc2[N+](=O)[O-])C1. The molecule has 0 spiro atoms. The number of carboxylic acids is 1. The Morgan fingerprint density at radius 2 is 2.29 bits per heavy atom. The second-order valence-electron chi connectivity index (χ2n) is 5.43. The highest BCUT2D eigenvalue weighted by molar-refractivity contribution is 6.30. The van der Waals surface area contributed by atoms with E-state index in [1.807, 2.05) is 11.8 Å². The van der Waals surface area contributed by atoms with Crippen LogP contribution in [0, 0.1) is 15.5 Å². The van der Waals surface area contributed by atoms with E-state index in [4.69, 9.17) is 11.6 Å². The Bertz CT molecular complexity index is 578. The number of rotatable bonds is 5. The van der Waals surface area contributed by atoms with Gasteiger partial charge in [-0.3, -0.25) is 19.8 Å². The molecule has 1 atom stereocenters. The fraction of sp³-hybridized carbons (Fsp3) is 0.500. The molecule has 0 saturated carbocycles. The van der Waals surface area contributed by atoms with Crippen molar-refractivity contribution < 1.29 is 14.8 Å². The molecule has 0 radical (unpaired) electrons. The van der Waals surface area contributed by atoms with E-state index in [0.717, 1.165) is 0 Å². The first-order valence-corrected chi connectivity index (χ1v) is 7.14. The molecule has 1 saturated heterocycles. The second-order valence-corrected chi connectivity index (χ2v) is 5.87. The molecule has 1 fully saturated rings. The van der Waals surface area contributed by atoms with Gasteiger partial charge in [-0.05, 0) is 31.5 Å². The monoisotopic (exact) mass is 312 g/mol. The quantitative estimate of drug-likeness (QED) is 0.667. The predicted octanol–water partition coefficient (Wildman–Crippen LogP) is 2.93. The van der Waals surface area contributed by atoms with Crippen molar-refractivity contribution in [2.24, 2.45) is 5.41 Å². The molecular weight excluding hydrogens is 296 g/mol. The number of hydrogen-bond donors (Lipinski definition) is 1. The van der Waals surface area contributed by atoms with Crippen molar-refractivity contribution in [1.29, 1.82) is 0 Å². The lowest BCUT2D eigenvalue weighted by Gasteiger charge is -2.23. The van der Waals surface area contributed by atoms with Crippen LogP contribution in [-0.2, 0) is 11.3 Å². The van der Waals surface area contributed by atoms with Gasteiger partial charge < -0.3 is 5.11 Å². The van der Waals surface area contributed by atoms with Crippen LogP contribution in [0.15, 0.2) is 18.2 Å². The average Bonchev–Trinajstić information content (AvgIpc) is 2.83. The van der Waals surface area contributed by atoms with Crippen molar-refractivity contribution >= 4 is 23.3 Å². The summed E-state index contributed by atoms with van der Waals surface area (Å²) < 4.78 is 0. The number of likely N-dealkylation sites (tertiary alicyclic amines) is 1. The number of halogens is 1. The first-order chi connectivity index (χ1) is 9.88. The summed E-state index contributed by atoms with van der Waals surface area (Å²) in [5.74, 6) is -0.798. The van der Waals surface area contributed by atoms with E-state index in [9.17, 15) is 20.0 Å². The molecule has 1 unspecified atom stereocenters. The molecule has 1 aromatic rings. The number of carboxylic acid groups (broad SMARTS) is 1. The predicted molar refractivity (Wildman–Crippen MR) is 78.4 cm³/mol. The third-order valence-electron chi connectivity index (χ3n) is 4.20. The smallest absolute Gasteiger partial charge is 0.310 e. The minimum Gasteiger partial charge on any atom is -0.481 e. The van der Waals surface area contributed by atoms with Gasteiger partial charge in [-0.15, -0.1) is 0 Å². The Labute approximate surface area is 127 Å². The Morgan fingerprint density at radius 3 is 2.81 bits per heavy atom. The summed E-state index contributed by atoms with van der Waals surface area (Å²) in [6.07, 6.45) is 1.11. The van der Waals surface area contributed by atoms with Gasteiger partial charge in [0.2, 0.25) is 0 Å².